The second kappa shape index (κ2) is 5.70. The average molecular weight is 265 g/mol. The smallest absolute Gasteiger partial charge is 0.340 e. The minimum atomic E-state index is -4.19. The number of rotatable bonds is 6. The molecule has 0 aliphatic carbocycles. The molecule has 0 fully saturated rings. The van der Waals surface area contributed by atoms with Crippen LogP contribution in [-0.4, -0.2) is 25.4 Å². The summed E-state index contributed by atoms with van der Waals surface area (Å²) in [6.45, 7) is 0.217. The minimum Gasteiger partial charge on any atom is -0.487 e. The van der Waals surface area contributed by atoms with Crippen molar-refractivity contribution in [2.45, 2.75) is 19.3 Å². The van der Waals surface area contributed by atoms with Crippen LogP contribution in [0.15, 0.2) is 18.2 Å². The van der Waals surface area contributed by atoms with Crippen LogP contribution in [0.2, 0.25) is 0 Å². The molecule has 0 radical (unpaired) electrons. The van der Waals surface area contributed by atoms with Gasteiger partial charge in [-0.25, -0.2) is 8.78 Å². The van der Waals surface area contributed by atoms with Crippen molar-refractivity contribution in [1.82, 2.24) is 0 Å². The van der Waals surface area contributed by atoms with Gasteiger partial charge in [-0.05, 0) is 30.7 Å². The summed E-state index contributed by atoms with van der Waals surface area (Å²) >= 11 is 0. The summed E-state index contributed by atoms with van der Waals surface area (Å²) in [6.07, 6.45) is -3.30. The van der Waals surface area contributed by atoms with Gasteiger partial charge in [0.1, 0.15) is 5.75 Å². The fraction of sp³-hybridized carbons (Fsp3) is 0.364. The molecule has 0 saturated carbocycles. The lowest BCUT2D eigenvalue weighted by molar-refractivity contribution is -0.148. The summed E-state index contributed by atoms with van der Waals surface area (Å²) in [5.74, 6) is -4.16. The zero-order chi connectivity index (χ0) is 13.8. The van der Waals surface area contributed by atoms with E-state index < -0.39 is 19.0 Å². The number of alkyl halides is 4. The van der Waals surface area contributed by atoms with Crippen LogP contribution in [0.5, 0.6) is 5.75 Å². The van der Waals surface area contributed by atoms with E-state index >= 15 is 0 Å². The maximum absolute atomic E-state index is 12.6. The summed E-state index contributed by atoms with van der Waals surface area (Å²) in [6, 6.07) is 4.10. The third-order valence-corrected chi connectivity index (χ3v) is 2.16. The van der Waals surface area contributed by atoms with E-state index in [4.69, 9.17) is 0 Å². The van der Waals surface area contributed by atoms with E-state index in [0.717, 1.165) is 0 Å². The lowest BCUT2D eigenvalue weighted by Crippen LogP contribution is -2.33. The molecule has 0 aliphatic heterocycles. The second-order valence-corrected chi connectivity index (χ2v) is 3.59. The van der Waals surface area contributed by atoms with E-state index in [1.807, 2.05) is 0 Å². The van der Waals surface area contributed by atoms with Crippen molar-refractivity contribution < 1.29 is 27.1 Å². The Balaban J connectivity index is 2.69. The molecule has 0 bridgehead atoms. The van der Waals surface area contributed by atoms with Crippen LogP contribution in [0.3, 0.4) is 0 Å². The molecule has 1 N–H and O–H groups in total. The van der Waals surface area contributed by atoms with E-state index in [2.05, 4.69) is 10.1 Å². The van der Waals surface area contributed by atoms with Gasteiger partial charge in [-0.1, -0.05) is 0 Å². The van der Waals surface area contributed by atoms with Gasteiger partial charge in [-0.15, -0.1) is 0 Å². The van der Waals surface area contributed by atoms with Gasteiger partial charge in [-0.2, -0.15) is 8.78 Å². The van der Waals surface area contributed by atoms with Gasteiger partial charge in [0.15, 0.2) is 6.61 Å². The first-order valence-electron chi connectivity index (χ1n) is 4.96. The van der Waals surface area contributed by atoms with Gasteiger partial charge in [-0.3, -0.25) is 4.79 Å². The summed E-state index contributed by atoms with van der Waals surface area (Å²) < 4.78 is 53.6. The van der Waals surface area contributed by atoms with Gasteiger partial charge in [0, 0.05) is 5.69 Å². The predicted octanol–water partition coefficient (Wildman–Crippen LogP) is 2.84. The highest BCUT2D eigenvalue weighted by molar-refractivity contribution is 5.73. The average Bonchev–Trinajstić information content (AvgIpc) is 2.30. The molecule has 100 valence electrons. The highest BCUT2D eigenvalue weighted by atomic mass is 19.3. The molecule has 0 heterocycles. The van der Waals surface area contributed by atoms with Crippen LogP contribution < -0.4 is 10.1 Å². The van der Waals surface area contributed by atoms with Gasteiger partial charge >= 0.3 is 12.3 Å². The zero-order valence-corrected chi connectivity index (χ0v) is 9.42. The number of amides is 1. The van der Waals surface area contributed by atoms with Crippen molar-refractivity contribution in [1.29, 1.82) is 0 Å². The fourth-order valence-corrected chi connectivity index (χ4v) is 1.19. The Bertz CT molecular complexity index is 424. The fourth-order valence-electron chi connectivity index (χ4n) is 1.19. The highest BCUT2D eigenvalue weighted by Crippen LogP contribution is 2.26. The number of carbonyl (C=O) groups excluding carboxylic acids is 1. The van der Waals surface area contributed by atoms with E-state index in [0.29, 0.717) is 17.7 Å². The number of carbonyl (C=O) groups is 1. The predicted molar refractivity (Wildman–Crippen MR) is 57.3 cm³/mol. The largest absolute Gasteiger partial charge is 0.487 e. The van der Waals surface area contributed by atoms with Crippen molar-refractivity contribution in [3.8, 4) is 5.75 Å². The molecule has 1 aromatic carbocycles. The van der Waals surface area contributed by atoms with Gasteiger partial charge in [0.05, 0.1) is 0 Å². The summed E-state index contributed by atoms with van der Waals surface area (Å²) in [4.78, 5) is 10.2. The molecule has 0 aliphatic rings. The van der Waals surface area contributed by atoms with Crippen LogP contribution in [0.4, 0.5) is 23.2 Å². The Hall–Kier alpha value is -1.79. The minimum absolute atomic E-state index is 0.0317. The molecule has 0 unspecified atom stereocenters. The number of ether oxygens (including phenoxy) is 1. The number of anilines is 1. The van der Waals surface area contributed by atoms with Crippen molar-refractivity contribution in [3.05, 3.63) is 23.8 Å². The SMILES string of the molecule is Cc1cc(OCC(F)(F)C(F)F)ccc1NC=O. The molecule has 3 nitrogen and oxygen atoms in total. The highest BCUT2D eigenvalue weighted by Gasteiger charge is 2.41. The van der Waals surface area contributed by atoms with Crippen LogP contribution >= 0.6 is 0 Å². The maximum Gasteiger partial charge on any atom is 0.340 e. The summed E-state index contributed by atoms with van der Waals surface area (Å²) in [5, 5.41) is 2.39. The third-order valence-electron chi connectivity index (χ3n) is 2.16. The number of hydrogen-bond donors (Lipinski definition) is 1. The first-order valence-corrected chi connectivity index (χ1v) is 4.96. The second-order valence-electron chi connectivity index (χ2n) is 3.59. The Labute approximate surface area is 101 Å². The number of aryl methyl sites for hydroxylation is 1. The Morgan fingerprint density at radius 2 is 2.11 bits per heavy atom. The van der Waals surface area contributed by atoms with Gasteiger partial charge < -0.3 is 10.1 Å². The molecule has 1 aromatic rings. The maximum atomic E-state index is 12.6. The van der Waals surface area contributed by atoms with E-state index in [9.17, 15) is 22.4 Å². The van der Waals surface area contributed by atoms with Crippen LogP contribution in [-0.2, 0) is 4.79 Å². The van der Waals surface area contributed by atoms with Crippen molar-refractivity contribution in [3.63, 3.8) is 0 Å². The molecule has 0 atom stereocenters. The van der Waals surface area contributed by atoms with Crippen LogP contribution in [0.25, 0.3) is 0 Å². The molecule has 7 heteroatoms. The molecule has 0 aromatic heterocycles. The molecule has 18 heavy (non-hydrogen) atoms. The molecule has 0 spiro atoms. The molecule has 1 amide bonds. The molecular weight excluding hydrogens is 254 g/mol. The van der Waals surface area contributed by atoms with Crippen molar-refractivity contribution >= 4 is 12.1 Å². The molecule has 1 rings (SSSR count). The van der Waals surface area contributed by atoms with Crippen molar-refractivity contribution in [2.75, 3.05) is 11.9 Å². The van der Waals surface area contributed by atoms with Crippen molar-refractivity contribution in [2.24, 2.45) is 0 Å². The molecular formula is C11H11F4NO2. The quantitative estimate of drug-likeness (QED) is 0.634. The topological polar surface area (TPSA) is 38.3 Å². The number of benzene rings is 1. The Morgan fingerprint density at radius 1 is 1.44 bits per heavy atom. The van der Waals surface area contributed by atoms with Gasteiger partial charge in [0.2, 0.25) is 6.41 Å². The Morgan fingerprint density at radius 3 is 2.61 bits per heavy atom. The third kappa shape index (κ3) is 3.61. The van der Waals surface area contributed by atoms with E-state index in [-0.39, 0.29) is 5.75 Å². The lowest BCUT2D eigenvalue weighted by atomic mass is 10.2. The normalized spacial score (nSPS) is 11.4. The summed E-state index contributed by atoms with van der Waals surface area (Å²) in [5.41, 5.74) is 1.05. The van der Waals surface area contributed by atoms with E-state index in [1.165, 1.54) is 18.2 Å². The number of hydrogen-bond acceptors (Lipinski definition) is 2. The lowest BCUT2D eigenvalue weighted by Gasteiger charge is -2.16. The molecule has 0 saturated heterocycles. The van der Waals surface area contributed by atoms with Crippen LogP contribution in [0.1, 0.15) is 5.56 Å². The van der Waals surface area contributed by atoms with Crippen LogP contribution in [0, 0.1) is 6.92 Å². The summed E-state index contributed by atoms with van der Waals surface area (Å²) in [7, 11) is 0. The monoisotopic (exact) mass is 265 g/mol. The number of nitrogens with one attached hydrogen (secondary N) is 1. The van der Waals surface area contributed by atoms with Gasteiger partial charge in [0.25, 0.3) is 0 Å². The van der Waals surface area contributed by atoms with E-state index in [1.54, 1.807) is 6.92 Å². The first-order chi connectivity index (χ1) is 8.36. The number of halogens is 4. The zero-order valence-electron chi connectivity index (χ0n) is 9.42. The first kappa shape index (κ1) is 14.3. The standard InChI is InChI=1S/C11H11F4NO2/c1-7-4-8(2-3-9(7)16-6-17)18-5-11(14,15)10(12)13/h2-4,6,10H,5H2,1H3,(H,16,17). The Kier molecular flexibility index (Phi) is 4.52.